The molecule has 5 nitrogen and oxygen atoms in total. The minimum absolute atomic E-state index is 0.0901. The van der Waals surface area contributed by atoms with Crippen molar-refractivity contribution >= 4 is 28.8 Å². The highest BCUT2D eigenvalue weighted by molar-refractivity contribution is 7.07. The molecule has 2 rings (SSSR count). The number of nitrogens with zero attached hydrogens (tertiary/aromatic N) is 1. The molecule has 0 saturated carbocycles. The predicted molar refractivity (Wildman–Crippen MR) is 87.6 cm³/mol. The normalized spacial score (nSPS) is 11.5. The lowest BCUT2D eigenvalue weighted by Gasteiger charge is -2.12. The molecule has 2 amide bonds. The van der Waals surface area contributed by atoms with Crippen molar-refractivity contribution in [3.8, 4) is 0 Å². The van der Waals surface area contributed by atoms with E-state index in [4.69, 9.17) is 0 Å². The SMILES string of the molecule is C=CC(=O)Nc1cccc(CC(=O)NC(C)c2cscn2)c1. The molecule has 1 unspecified atom stereocenters. The van der Waals surface area contributed by atoms with Gasteiger partial charge >= 0.3 is 0 Å². The quantitative estimate of drug-likeness (QED) is 0.805. The van der Waals surface area contributed by atoms with E-state index in [2.05, 4.69) is 22.2 Å². The standard InChI is InChI=1S/C16H17N3O2S/c1-3-15(20)19-13-6-4-5-12(7-13)8-16(21)18-11(2)14-9-22-10-17-14/h3-7,9-11H,1,8H2,2H3,(H,18,21)(H,19,20). The van der Waals surface area contributed by atoms with Crippen molar-refractivity contribution in [2.45, 2.75) is 19.4 Å². The Morgan fingerprint density at radius 1 is 1.45 bits per heavy atom. The molecule has 0 aliphatic heterocycles. The molecule has 1 aromatic heterocycles. The fourth-order valence-electron chi connectivity index (χ4n) is 1.94. The van der Waals surface area contributed by atoms with Gasteiger partial charge in [-0.2, -0.15) is 0 Å². The number of nitrogens with one attached hydrogen (secondary N) is 2. The molecule has 0 aliphatic rings. The molecule has 114 valence electrons. The molecule has 1 heterocycles. The van der Waals surface area contributed by atoms with Crippen molar-refractivity contribution in [2.24, 2.45) is 0 Å². The highest BCUT2D eigenvalue weighted by Crippen LogP contribution is 2.14. The Morgan fingerprint density at radius 2 is 2.27 bits per heavy atom. The van der Waals surface area contributed by atoms with Crippen molar-refractivity contribution in [2.75, 3.05) is 5.32 Å². The fraction of sp³-hybridized carbons (Fsp3) is 0.188. The third-order valence-corrected chi connectivity index (χ3v) is 3.62. The highest BCUT2D eigenvalue weighted by Gasteiger charge is 2.11. The van der Waals surface area contributed by atoms with E-state index in [1.54, 1.807) is 23.7 Å². The van der Waals surface area contributed by atoms with E-state index >= 15 is 0 Å². The summed E-state index contributed by atoms with van der Waals surface area (Å²) < 4.78 is 0. The third kappa shape index (κ3) is 4.53. The molecule has 0 spiro atoms. The number of hydrogen-bond donors (Lipinski definition) is 2. The van der Waals surface area contributed by atoms with Gasteiger partial charge in [0.2, 0.25) is 11.8 Å². The second kappa shape index (κ2) is 7.51. The zero-order valence-corrected chi connectivity index (χ0v) is 13.0. The molecular weight excluding hydrogens is 298 g/mol. The number of thiazole rings is 1. The van der Waals surface area contributed by atoms with Crippen LogP contribution in [0.1, 0.15) is 24.2 Å². The van der Waals surface area contributed by atoms with Crippen LogP contribution in [0, 0.1) is 0 Å². The summed E-state index contributed by atoms with van der Waals surface area (Å²) in [6.45, 7) is 5.30. The van der Waals surface area contributed by atoms with Crippen molar-refractivity contribution in [1.82, 2.24) is 10.3 Å². The van der Waals surface area contributed by atoms with Gasteiger partial charge in [-0.3, -0.25) is 9.59 Å². The largest absolute Gasteiger partial charge is 0.348 e. The van der Waals surface area contributed by atoms with Crippen LogP contribution in [0.2, 0.25) is 0 Å². The summed E-state index contributed by atoms with van der Waals surface area (Å²) in [4.78, 5) is 27.5. The minimum Gasteiger partial charge on any atom is -0.348 e. The summed E-state index contributed by atoms with van der Waals surface area (Å²) in [5.74, 6) is -0.369. The van der Waals surface area contributed by atoms with Crippen LogP contribution in [0.3, 0.4) is 0 Å². The Morgan fingerprint density at radius 3 is 2.95 bits per heavy atom. The predicted octanol–water partition coefficient (Wildman–Crippen LogP) is 2.69. The van der Waals surface area contributed by atoms with Crippen molar-refractivity contribution in [1.29, 1.82) is 0 Å². The van der Waals surface area contributed by atoms with Gasteiger partial charge in [0.15, 0.2) is 0 Å². The average Bonchev–Trinajstić information content (AvgIpc) is 3.01. The van der Waals surface area contributed by atoms with Gasteiger partial charge in [-0.15, -0.1) is 11.3 Å². The van der Waals surface area contributed by atoms with Crippen LogP contribution in [0.4, 0.5) is 5.69 Å². The number of anilines is 1. The second-order valence-corrected chi connectivity index (χ2v) is 5.49. The Bertz CT molecular complexity index is 668. The van der Waals surface area contributed by atoms with Crippen LogP contribution in [-0.4, -0.2) is 16.8 Å². The topological polar surface area (TPSA) is 71.1 Å². The zero-order chi connectivity index (χ0) is 15.9. The first-order valence-electron chi connectivity index (χ1n) is 6.78. The summed E-state index contributed by atoms with van der Waals surface area (Å²) in [5.41, 5.74) is 4.06. The lowest BCUT2D eigenvalue weighted by molar-refractivity contribution is -0.121. The monoisotopic (exact) mass is 315 g/mol. The average molecular weight is 315 g/mol. The summed E-state index contributed by atoms with van der Waals surface area (Å²) >= 11 is 1.50. The number of aromatic nitrogens is 1. The molecule has 2 N–H and O–H groups in total. The summed E-state index contributed by atoms with van der Waals surface area (Å²) in [5, 5.41) is 7.49. The Hall–Kier alpha value is -2.47. The van der Waals surface area contributed by atoms with Crippen molar-refractivity contribution < 1.29 is 9.59 Å². The molecule has 0 radical (unpaired) electrons. The van der Waals surface area contributed by atoms with E-state index in [1.807, 2.05) is 18.4 Å². The van der Waals surface area contributed by atoms with Crippen LogP contribution in [-0.2, 0) is 16.0 Å². The van der Waals surface area contributed by atoms with E-state index in [0.717, 1.165) is 11.3 Å². The van der Waals surface area contributed by atoms with Crippen LogP contribution in [0.15, 0.2) is 47.8 Å². The maximum absolute atomic E-state index is 12.1. The number of rotatable bonds is 6. The third-order valence-electron chi connectivity index (χ3n) is 3.02. The molecule has 22 heavy (non-hydrogen) atoms. The minimum atomic E-state index is -0.279. The van der Waals surface area contributed by atoms with E-state index in [1.165, 1.54) is 17.4 Å². The molecular formula is C16H17N3O2S. The number of carbonyl (C=O) groups is 2. The number of carbonyl (C=O) groups excluding carboxylic acids is 2. The summed E-state index contributed by atoms with van der Waals surface area (Å²) in [7, 11) is 0. The first-order valence-corrected chi connectivity index (χ1v) is 7.72. The van der Waals surface area contributed by atoms with Crippen LogP contribution in [0.25, 0.3) is 0 Å². The Balaban J connectivity index is 1.95. The van der Waals surface area contributed by atoms with Gasteiger partial charge in [0.25, 0.3) is 0 Å². The smallest absolute Gasteiger partial charge is 0.247 e. The Kier molecular flexibility index (Phi) is 5.43. The van der Waals surface area contributed by atoms with Gasteiger partial charge in [-0.25, -0.2) is 4.98 Å². The number of benzene rings is 1. The fourth-order valence-corrected chi connectivity index (χ4v) is 2.59. The second-order valence-electron chi connectivity index (χ2n) is 4.77. The van der Waals surface area contributed by atoms with Gasteiger partial charge in [0, 0.05) is 11.1 Å². The van der Waals surface area contributed by atoms with E-state index in [0.29, 0.717) is 5.69 Å². The van der Waals surface area contributed by atoms with Crippen LogP contribution < -0.4 is 10.6 Å². The molecule has 6 heteroatoms. The molecule has 0 bridgehead atoms. The molecule has 0 fully saturated rings. The van der Waals surface area contributed by atoms with Gasteiger partial charge in [-0.05, 0) is 30.7 Å². The lowest BCUT2D eigenvalue weighted by Crippen LogP contribution is -2.28. The zero-order valence-electron chi connectivity index (χ0n) is 12.2. The van der Waals surface area contributed by atoms with E-state index in [9.17, 15) is 9.59 Å². The molecule has 1 atom stereocenters. The van der Waals surface area contributed by atoms with Crippen molar-refractivity contribution in [3.05, 3.63) is 59.1 Å². The van der Waals surface area contributed by atoms with E-state index in [-0.39, 0.29) is 24.3 Å². The summed E-state index contributed by atoms with van der Waals surface area (Å²) in [6.07, 6.45) is 1.45. The maximum atomic E-state index is 12.1. The summed E-state index contributed by atoms with van der Waals surface area (Å²) in [6, 6.07) is 7.05. The highest BCUT2D eigenvalue weighted by atomic mass is 32.1. The van der Waals surface area contributed by atoms with Crippen molar-refractivity contribution in [3.63, 3.8) is 0 Å². The first-order chi connectivity index (χ1) is 10.6. The number of amides is 2. The van der Waals surface area contributed by atoms with Gasteiger partial charge in [0.05, 0.1) is 23.7 Å². The lowest BCUT2D eigenvalue weighted by atomic mass is 10.1. The molecule has 0 saturated heterocycles. The van der Waals surface area contributed by atoms with E-state index < -0.39 is 0 Å². The van der Waals surface area contributed by atoms with Gasteiger partial charge < -0.3 is 10.6 Å². The number of hydrogen-bond acceptors (Lipinski definition) is 4. The van der Waals surface area contributed by atoms with Gasteiger partial charge in [-0.1, -0.05) is 18.7 Å². The van der Waals surface area contributed by atoms with Crippen LogP contribution >= 0.6 is 11.3 Å². The van der Waals surface area contributed by atoms with Crippen LogP contribution in [0.5, 0.6) is 0 Å². The van der Waals surface area contributed by atoms with Gasteiger partial charge in [0.1, 0.15) is 0 Å². The first kappa shape index (κ1) is 15.9. The molecule has 1 aromatic carbocycles. The Labute approximate surface area is 133 Å². The maximum Gasteiger partial charge on any atom is 0.247 e. The molecule has 0 aliphatic carbocycles. The molecule has 2 aromatic rings.